The Labute approximate surface area is 209 Å². The zero-order valence-electron chi connectivity index (χ0n) is 20.2. The van der Waals surface area contributed by atoms with Crippen molar-refractivity contribution < 1.29 is 28.6 Å². The average Bonchev–Trinajstić information content (AvgIpc) is 3.07. The van der Waals surface area contributed by atoms with Gasteiger partial charge in [-0.2, -0.15) is 0 Å². The van der Waals surface area contributed by atoms with Gasteiger partial charge in [-0.25, -0.2) is 4.79 Å². The maximum Gasteiger partial charge on any atom is 0.338 e. The van der Waals surface area contributed by atoms with Gasteiger partial charge in [-0.05, 0) is 68.0 Å². The van der Waals surface area contributed by atoms with Gasteiger partial charge in [-0.1, -0.05) is 6.07 Å². The Morgan fingerprint density at radius 3 is 2.31 bits per heavy atom. The Kier molecular flexibility index (Phi) is 8.64. The summed E-state index contributed by atoms with van der Waals surface area (Å²) in [5, 5.41) is 3.16. The van der Waals surface area contributed by atoms with E-state index >= 15 is 0 Å². The summed E-state index contributed by atoms with van der Waals surface area (Å²) in [5.41, 5.74) is 1.76. The minimum atomic E-state index is -0.741. The number of hydrogen-bond acceptors (Lipinski definition) is 7. The van der Waals surface area contributed by atoms with Crippen LogP contribution in [-0.4, -0.2) is 66.1 Å². The number of esters is 1. The highest BCUT2D eigenvalue weighted by Gasteiger charge is 2.42. The van der Waals surface area contributed by atoms with Crippen molar-refractivity contribution in [2.24, 2.45) is 0 Å². The van der Waals surface area contributed by atoms with Crippen molar-refractivity contribution in [3.05, 3.63) is 53.6 Å². The molecular weight excluding hydrogens is 470 g/mol. The molecule has 1 aliphatic heterocycles. The minimum Gasteiger partial charge on any atom is -0.493 e. The van der Waals surface area contributed by atoms with Gasteiger partial charge in [0.25, 0.3) is 5.91 Å². The second-order valence-electron chi connectivity index (χ2n) is 7.75. The number of carbonyl (C=O) groups is 3. The van der Waals surface area contributed by atoms with E-state index in [1.165, 1.54) is 4.90 Å². The van der Waals surface area contributed by atoms with Crippen molar-refractivity contribution >= 4 is 40.8 Å². The van der Waals surface area contributed by atoms with E-state index in [1.54, 1.807) is 56.4 Å². The zero-order valence-corrected chi connectivity index (χ0v) is 21.0. The third-order valence-corrected chi connectivity index (χ3v) is 6.03. The molecule has 9 nitrogen and oxygen atoms in total. The average molecular weight is 500 g/mol. The molecule has 0 radical (unpaired) electrons. The third-order valence-electron chi connectivity index (χ3n) is 5.58. The van der Waals surface area contributed by atoms with Gasteiger partial charge < -0.3 is 24.4 Å². The molecule has 0 unspecified atom stereocenters. The molecule has 0 bridgehead atoms. The highest BCUT2D eigenvalue weighted by molar-refractivity contribution is 7.80. The molecule has 0 spiro atoms. The van der Waals surface area contributed by atoms with Crippen molar-refractivity contribution in [2.75, 3.05) is 32.7 Å². The largest absolute Gasteiger partial charge is 0.493 e. The van der Waals surface area contributed by atoms with Crippen LogP contribution in [0.15, 0.2) is 42.5 Å². The van der Waals surface area contributed by atoms with Crippen LogP contribution in [0.3, 0.4) is 0 Å². The van der Waals surface area contributed by atoms with E-state index in [0.717, 1.165) is 5.56 Å². The summed E-state index contributed by atoms with van der Waals surface area (Å²) in [6.07, 6.45) is -0.0810. The van der Waals surface area contributed by atoms with Crippen LogP contribution in [-0.2, 0) is 20.9 Å². The van der Waals surface area contributed by atoms with E-state index in [9.17, 15) is 14.4 Å². The van der Waals surface area contributed by atoms with Crippen molar-refractivity contribution in [1.29, 1.82) is 0 Å². The van der Waals surface area contributed by atoms with Gasteiger partial charge in [0.1, 0.15) is 6.04 Å². The van der Waals surface area contributed by atoms with E-state index in [-0.39, 0.29) is 24.8 Å². The summed E-state index contributed by atoms with van der Waals surface area (Å²) in [6, 6.07) is 11.1. The van der Waals surface area contributed by atoms with Crippen molar-refractivity contribution in [1.82, 2.24) is 9.80 Å². The number of carbonyl (C=O) groups excluding carboxylic acids is 3. The molecule has 2 aromatic carbocycles. The van der Waals surface area contributed by atoms with Crippen molar-refractivity contribution in [3.8, 4) is 11.5 Å². The smallest absolute Gasteiger partial charge is 0.338 e. The van der Waals surface area contributed by atoms with Gasteiger partial charge in [0.05, 0.1) is 32.8 Å². The van der Waals surface area contributed by atoms with E-state index < -0.39 is 12.0 Å². The normalized spacial score (nSPS) is 15.3. The summed E-state index contributed by atoms with van der Waals surface area (Å²) < 4.78 is 15.6. The maximum atomic E-state index is 13.1. The number of methoxy groups -OCH3 is 2. The van der Waals surface area contributed by atoms with Crippen LogP contribution in [0.25, 0.3) is 0 Å². The first-order valence-electron chi connectivity index (χ1n) is 11.2. The Hall–Kier alpha value is -3.66. The van der Waals surface area contributed by atoms with Gasteiger partial charge in [0.2, 0.25) is 5.91 Å². The molecule has 3 rings (SSSR count). The molecule has 1 aliphatic rings. The molecule has 0 aromatic heterocycles. The first-order valence-corrected chi connectivity index (χ1v) is 11.6. The van der Waals surface area contributed by atoms with Crippen LogP contribution in [0.5, 0.6) is 11.5 Å². The number of hydrogen-bond donors (Lipinski definition) is 1. The zero-order chi connectivity index (χ0) is 25.5. The number of likely N-dealkylation sites (N-methyl/N-ethyl adjacent to an activating group) is 1. The second-order valence-corrected chi connectivity index (χ2v) is 8.11. The SMILES string of the molecule is CCOC(=O)c1ccc(NC(=O)C[C@@H]2C(=O)N(CC)C(=S)N2Cc2ccc(OC)c(OC)c2)cc1. The van der Waals surface area contributed by atoms with Crippen molar-refractivity contribution in [2.45, 2.75) is 32.9 Å². The molecule has 186 valence electrons. The van der Waals surface area contributed by atoms with Gasteiger partial charge in [0, 0.05) is 18.8 Å². The Morgan fingerprint density at radius 2 is 1.71 bits per heavy atom. The van der Waals surface area contributed by atoms with Gasteiger partial charge in [0.15, 0.2) is 16.6 Å². The molecule has 1 fully saturated rings. The maximum absolute atomic E-state index is 13.1. The Balaban J connectivity index is 1.74. The topological polar surface area (TPSA) is 97.4 Å². The highest BCUT2D eigenvalue weighted by atomic mass is 32.1. The molecule has 1 atom stereocenters. The van der Waals surface area contributed by atoms with Gasteiger partial charge in [-0.3, -0.25) is 14.5 Å². The minimum absolute atomic E-state index is 0.0810. The van der Waals surface area contributed by atoms with E-state index in [0.29, 0.717) is 41.0 Å². The number of thiocarbonyl (C=S) groups is 1. The lowest BCUT2D eigenvalue weighted by Crippen LogP contribution is -2.37. The number of rotatable bonds is 10. The quantitative estimate of drug-likeness (QED) is 0.393. The fourth-order valence-electron chi connectivity index (χ4n) is 3.83. The summed E-state index contributed by atoms with van der Waals surface area (Å²) in [7, 11) is 3.11. The van der Waals surface area contributed by atoms with Crippen molar-refractivity contribution in [3.63, 3.8) is 0 Å². The lowest BCUT2D eigenvalue weighted by Gasteiger charge is -2.24. The third kappa shape index (κ3) is 5.89. The second kappa shape index (κ2) is 11.7. The molecule has 2 amide bonds. The molecule has 1 N–H and O–H groups in total. The number of benzene rings is 2. The summed E-state index contributed by atoms with van der Waals surface area (Å²) in [4.78, 5) is 41.0. The number of anilines is 1. The van der Waals surface area contributed by atoms with E-state index in [2.05, 4.69) is 5.32 Å². The molecule has 35 heavy (non-hydrogen) atoms. The van der Waals surface area contributed by atoms with Gasteiger partial charge in [-0.15, -0.1) is 0 Å². The van der Waals surface area contributed by atoms with Crippen LogP contribution in [0, 0.1) is 0 Å². The molecule has 0 saturated carbocycles. The lowest BCUT2D eigenvalue weighted by atomic mass is 10.1. The lowest BCUT2D eigenvalue weighted by molar-refractivity contribution is -0.130. The highest BCUT2D eigenvalue weighted by Crippen LogP contribution is 2.30. The van der Waals surface area contributed by atoms with Gasteiger partial charge >= 0.3 is 5.97 Å². The molecular formula is C25H29N3O6S. The summed E-state index contributed by atoms with van der Waals surface area (Å²) in [5.74, 6) is 0.169. The van der Waals surface area contributed by atoms with Crippen LogP contribution >= 0.6 is 12.2 Å². The Bertz CT molecular complexity index is 1100. The number of ether oxygens (including phenoxy) is 3. The van der Waals surface area contributed by atoms with Crippen LogP contribution in [0.2, 0.25) is 0 Å². The number of nitrogens with one attached hydrogen (secondary N) is 1. The monoisotopic (exact) mass is 499 g/mol. The fraction of sp³-hybridized carbons (Fsp3) is 0.360. The first kappa shape index (κ1) is 26.0. The van der Waals surface area contributed by atoms with Crippen LogP contribution in [0.4, 0.5) is 5.69 Å². The Morgan fingerprint density at radius 1 is 1.03 bits per heavy atom. The summed E-state index contributed by atoms with van der Waals surface area (Å²) in [6.45, 7) is 4.59. The standard InChI is InChI=1S/C25H29N3O6S/c1-5-27-23(30)19(14-22(29)26-18-10-8-17(9-11-18)24(31)34-6-2)28(25(27)35)15-16-7-12-20(32-3)21(13-16)33-4/h7-13,19H,5-6,14-15H2,1-4H3,(H,26,29)/t19-/m1/s1. The predicted octanol–water partition coefficient (Wildman–Crippen LogP) is 3.23. The molecule has 1 heterocycles. The predicted molar refractivity (Wildman–Crippen MR) is 135 cm³/mol. The van der Waals surface area contributed by atoms with E-state index in [1.807, 2.05) is 19.1 Å². The molecule has 10 heteroatoms. The van der Waals surface area contributed by atoms with Crippen LogP contribution in [0.1, 0.15) is 36.2 Å². The fourth-order valence-corrected chi connectivity index (χ4v) is 4.24. The number of amides is 2. The molecule has 2 aromatic rings. The first-order chi connectivity index (χ1) is 16.8. The van der Waals surface area contributed by atoms with E-state index in [4.69, 9.17) is 26.4 Å². The summed E-state index contributed by atoms with van der Waals surface area (Å²) >= 11 is 5.57. The molecule has 0 aliphatic carbocycles. The van der Waals surface area contributed by atoms with Crippen LogP contribution < -0.4 is 14.8 Å². The number of nitrogens with zero attached hydrogens (tertiary/aromatic N) is 2. The molecule has 1 saturated heterocycles.